The van der Waals surface area contributed by atoms with Crippen molar-refractivity contribution < 1.29 is 22.6 Å². The molecule has 6 nitrogen and oxygen atoms in total. The highest BCUT2D eigenvalue weighted by Crippen LogP contribution is 2.29. The predicted molar refractivity (Wildman–Crippen MR) is 99.0 cm³/mol. The van der Waals surface area contributed by atoms with Crippen LogP contribution in [-0.2, 0) is 10.0 Å². The number of likely N-dealkylation sites (N-methyl/N-ethyl adjacent to an activating group) is 1. The molecule has 0 radical (unpaired) electrons. The van der Waals surface area contributed by atoms with Crippen molar-refractivity contribution in [3.8, 4) is 17.2 Å². The molecule has 2 rings (SSSR count). The quantitative estimate of drug-likeness (QED) is 0.644. The van der Waals surface area contributed by atoms with E-state index in [4.69, 9.17) is 14.2 Å². The zero-order valence-electron chi connectivity index (χ0n) is 14.2. The number of halogens is 1. The molecule has 0 heterocycles. The molecule has 2 aromatic carbocycles. The average molecular weight is 430 g/mol. The van der Waals surface area contributed by atoms with E-state index in [1.807, 2.05) is 0 Å². The van der Waals surface area contributed by atoms with Gasteiger partial charge in [0.1, 0.15) is 28.8 Å². The van der Waals surface area contributed by atoms with Crippen LogP contribution in [0, 0.1) is 0 Å². The minimum absolute atomic E-state index is 0.108. The van der Waals surface area contributed by atoms with Gasteiger partial charge in [0.2, 0.25) is 10.0 Å². The Morgan fingerprint density at radius 3 is 2.24 bits per heavy atom. The predicted octanol–water partition coefficient (Wildman–Crippen LogP) is 3.17. The first kappa shape index (κ1) is 19.6. The Kier molecular flexibility index (Phi) is 6.69. The van der Waals surface area contributed by atoms with Gasteiger partial charge in [-0.25, -0.2) is 8.42 Å². The number of hydrogen-bond donors (Lipinski definition) is 0. The molecule has 0 saturated carbocycles. The lowest BCUT2D eigenvalue weighted by Gasteiger charge is -2.19. The maximum atomic E-state index is 12.7. The van der Waals surface area contributed by atoms with Crippen LogP contribution >= 0.6 is 15.9 Å². The summed E-state index contributed by atoms with van der Waals surface area (Å²) >= 11 is 3.29. The molecule has 0 atom stereocenters. The van der Waals surface area contributed by atoms with Gasteiger partial charge in [-0.05, 0) is 42.5 Å². The lowest BCUT2D eigenvalue weighted by molar-refractivity contribution is 0.286. The highest BCUT2D eigenvalue weighted by molar-refractivity contribution is 9.10. The third kappa shape index (κ3) is 4.87. The monoisotopic (exact) mass is 429 g/mol. The summed E-state index contributed by atoms with van der Waals surface area (Å²) in [6.45, 7) is 0.419. The summed E-state index contributed by atoms with van der Waals surface area (Å²) in [4.78, 5) is 0.108. The van der Waals surface area contributed by atoms with Gasteiger partial charge in [0.25, 0.3) is 0 Å². The van der Waals surface area contributed by atoms with E-state index in [1.165, 1.54) is 24.5 Å². The van der Waals surface area contributed by atoms with Crippen molar-refractivity contribution in [1.29, 1.82) is 0 Å². The lowest BCUT2D eigenvalue weighted by atomic mass is 10.3. The molecule has 0 bridgehead atoms. The average Bonchev–Trinajstić information content (AvgIpc) is 2.62. The van der Waals surface area contributed by atoms with Crippen molar-refractivity contribution in [3.63, 3.8) is 0 Å². The number of methoxy groups -OCH3 is 2. The fraction of sp³-hybridized carbons (Fsp3) is 0.294. The third-order valence-electron chi connectivity index (χ3n) is 3.55. The molecule has 136 valence electrons. The Bertz CT molecular complexity index is 808. The molecule has 25 heavy (non-hydrogen) atoms. The van der Waals surface area contributed by atoms with Crippen molar-refractivity contribution in [2.45, 2.75) is 4.90 Å². The molecule has 0 amide bonds. The summed E-state index contributed by atoms with van der Waals surface area (Å²) in [5, 5.41) is 0. The first-order valence-corrected chi connectivity index (χ1v) is 9.68. The first-order chi connectivity index (χ1) is 11.9. The Labute approximate surface area is 156 Å². The van der Waals surface area contributed by atoms with E-state index in [0.717, 1.165) is 5.75 Å². The van der Waals surface area contributed by atoms with E-state index < -0.39 is 10.0 Å². The minimum Gasteiger partial charge on any atom is -0.497 e. The van der Waals surface area contributed by atoms with Crippen LogP contribution in [0.1, 0.15) is 0 Å². The van der Waals surface area contributed by atoms with Gasteiger partial charge in [-0.3, -0.25) is 0 Å². The van der Waals surface area contributed by atoms with E-state index in [2.05, 4.69) is 15.9 Å². The van der Waals surface area contributed by atoms with Crippen molar-refractivity contribution in [2.75, 3.05) is 34.4 Å². The van der Waals surface area contributed by atoms with Crippen LogP contribution in [0.15, 0.2) is 51.8 Å². The summed E-state index contributed by atoms with van der Waals surface area (Å²) in [7, 11) is 0.845. The molecule has 0 aliphatic heterocycles. The molecule has 0 spiro atoms. The maximum absolute atomic E-state index is 12.7. The zero-order valence-corrected chi connectivity index (χ0v) is 16.6. The largest absolute Gasteiger partial charge is 0.497 e. The minimum atomic E-state index is -3.69. The Morgan fingerprint density at radius 1 is 1.00 bits per heavy atom. The smallest absolute Gasteiger partial charge is 0.246 e. The SMILES string of the molecule is COc1ccc(OCCN(C)S(=O)(=O)c2cc(Br)ccc2OC)cc1. The lowest BCUT2D eigenvalue weighted by Crippen LogP contribution is -2.31. The van der Waals surface area contributed by atoms with Crippen molar-refractivity contribution in [3.05, 3.63) is 46.9 Å². The maximum Gasteiger partial charge on any atom is 0.246 e. The van der Waals surface area contributed by atoms with E-state index >= 15 is 0 Å². The van der Waals surface area contributed by atoms with E-state index in [-0.39, 0.29) is 18.0 Å². The zero-order chi connectivity index (χ0) is 18.4. The molecular formula is C17H20BrNO5S. The van der Waals surface area contributed by atoms with Crippen LogP contribution in [0.4, 0.5) is 0 Å². The Balaban J connectivity index is 2.03. The van der Waals surface area contributed by atoms with Crippen LogP contribution in [0.25, 0.3) is 0 Å². The molecule has 0 fully saturated rings. The van der Waals surface area contributed by atoms with Crippen LogP contribution in [0.2, 0.25) is 0 Å². The van der Waals surface area contributed by atoms with Gasteiger partial charge >= 0.3 is 0 Å². The van der Waals surface area contributed by atoms with Crippen molar-refractivity contribution in [2.24, 2.45) is 0 Å². The number of sulfonamides is 1. The molecule has 0 aromatic heterocycles. The van der Waals surface area contributed by atoms with E-state index in [0.29, 0.717) is 16.0 Å². The number of nitrogens with zero attached hydrogens (tertiary/aromatic N) is 1. The van der Waals surface area contributed by atoms with Gasteiger partial charge < -0.3 is 14.2 Å². The number of ether oxygens (including phenoxy) is 3. The van der Waals surface area contributed by atoms with E-state index in [9.17, 15) is 8.42 Å². The summed E-state index contributed by atoms with van der Waals surface area (Å²) in [5.41, 5.74) is 0. The van der Waals surface area contributed by atoms with Crippen LogP contribution in [0.5, 0.6) is 17.2 Å². The standard InChI is InChI=1S/C17H20BrNO5S/c1-19(10-11-24-15-7-5-14(22-2)6-8-15)25(20,21)17-12-13(18)4-9-16(17)23-3/h4-9,12H,10-11H2,1-3H3. The summed E-state index contributed by atoms with van der Waals surface area (Å²) in [5.74, 6) is 1.67. The number of hydrogen-bond acceptors (Lipinski definition) is 5. The molecule has 2 aromatic rings. The Morgan fingerprint density at radius 2 is 1.64 bits per heavy atom. The molecule has 0 aliphatic rings. The Hall–Kier alpha value is -1.77. The molecule has 0 aliphatic carbocycles. The fourth-order valence-electron chi connectivity index (χ4n) is 2.10. The topological polar surface area (TPSA) is 65.1 Å². The number of rotatable bonds is 8. The number of benzene rings is 2. The molecular weight excluding hydrogens is 410 g/mol. The molecule has 0 saturated heterocycles. The van der Waals surface area contributed by atoms with Crippen LogP contribution in [0.3, 0.4) is 0 Å². The van der Waals surface area contributed by atoms with Crippen LogP contribution < -0.4 is 14.2 Å². The summed E-state index contributed by atoms with van der Waals surface area (Å²) in [6.07, 6.45) is 0. The van der Waals surface area contributed by atoms with Gasteiger partial charge in [0, 0.05) is 18.1 Å². The van der Waals surface area contributed by atoms with Gasteiger partial charge in [0.05, 0.1) is 14.2 Å². The van der Waals surface area contributed by atoms with Gasteiger partial charge in [0.15, 0.2) is 0 Å². The highest BCUT2D eigenvalue weighted by atomic mass is 79.9. The molecule has 0 unspecified atom stereocenters. The first-order valence-electron chi connectivity index (χ1n) is 7.45. The van der Waals surface area contributed by atoms with Gasteiger partial charge in [-0.1, -0.05) is 15.9 Å². The van der Waals surface area contributed by atoms with Crippen LogP contribution in [-0.4, -0.2) is 47.1 Å². The van der Waals surface area contributed by atoms with E-state index in [1.54, 1.807) is 43.5 Å². The normalized spacial score (nSPS) is 11.4. The second-order valence-electron chi connectivity index (χ2n) is 5.15. The summed E-state index contributed by atoms with van der Waals surface area (Å²) < 4.78 is 43.2. The van der Waals surface area contributed by atoms with Gasteiger partial charge in [-0.2, -0.15) is 4.31 Å². The second kappa shape index (κ2) is 8.55. The van der Waals surface area contributed by atoms with Crippen molar-refractivity contribution >= 4 is 26.0 Å². The third-order valence-corrected chi connectivity index (χ3v) is 5.92. The molecule has 0 N–H and O–H groups in total. The highest BCUT2D eigenvalue weighted by Gasteiger charge is 2.25. The van der Waals surface area contributed by atoms with Gasteiger partial charge in [-0.15, -0.1) is 0 Å². The second-order valence-corrected chi connectivity index (χ2v) is 8.07. The molecule has 8 heteroatoms. The van der Waals surface area contributed by atoms with Crippen molar-refractivity contribution in [1.82, 2.24) is 4.31 Å². The fourth-order valence-corrected chi connectivity index (χ4v) is 3.95. The summed E-state index contributed by atoms with van der Waals surface area (Å²) in [6, 6.07) is 12.0.